The van der Waals surface area contributed by atoms with E-state index < -0.39 is 0 Å². The fourth-order valence-corrected chi connectivity index (χ4v) is 6.14. The Hall–Kier alpha value is -3.57. The molecule has 6 rings (SSSR count). The summed E-state index contributed by atoms with van der Waals surface area (Å²) in [4.78, 5) is 35.8. The van der Waals surface area contributed by atoms with E-state index in [0.717, 1.165) is 77.8 Å². The number of nitrogens with one attached hydrogen (secondary N) is 1. The summed E-state index contributed by atoms with van der Waals surface area (Å²) in [5.74, 6) is 0.508. The second-order valence-electron chi connectivity index (χ2n) is 9.61. The maximum atomic E-state index is 12.9. The van der Waals surface area contributed by atoms with Crippen LogP contribution in [0, 0.1) is 6.92 Å². The Morgan fingerprint density at radius 3 is 2.76 bits per heavy atom. The summed E-state index contributed by atoms with van der Waals surface area (Å²) in [7, 11) is 0. The van der Waals surface area contributed by atoms with E-state index in [0.29, 0.717) is 17.9 Å². The van der Waals surface area contributed by atoms with Gasteiger partial charge in [-0.05, 0) is 51.2 Å². The molecule has 0 aliphatic carbocycles. The molecule has 0 bridgehead atoms. The number of carbonyl (C=O) groups is 1. The molecule has 1 atom stereocenters. The fraction of sp³-hybridized carbons (Fsp3) is 0.423. The largest absolute Gasteiger partial charge is 0.451 e. The molecule has 6 heterocycles. The first kappa shape index (κ1) is 23.8. The van der Waals surface area contributed by atoms with Gasteiger partial charge in [-0.2, -0.15) is 4.98 Å². The first-order chi connectivity index (χ1) is 18.1. The van der Waals surface area contributed by atoms with Crippen molar-refractivity contribution in [3.63, 3.8) is 0 Å². The number of rotatable bonds is 5. The predicted octanol–water partition coefficient (Wildman–Crippen LogP) is 4.25. The van der Waals surface area contributed by atoms with E-state index in [1.54, 1.807) is 23.6 Å². The number of thiazole rings is 1. The highest BCUT2D eigenvalue weighted by Crippen LogP contribution is 2.41. The van der Waals surface area contributed by atoms with E-state index in [4.69, 9.17) is 14.4 Å². The van der Waals surface area contributed by atoms with Crippen molar-refractivity contribution in [2.45, 2.75) is 45.1 Å². The molecular weight excluding hydrogens is 490 g/mol. The molecule has 2 aliphatic rings. The number of β-amino-alcohol motifs (C(OH)–C–C–N with tert-alkyl or cyclic N) is 1. The maximum Gasteiger partial charge on any atom is 0.277 e. The first-order valence-corrected chi connectivity index (χ1v) is 13.5. The average molecular weight is 520 g/mol. The van der Waals surface area contributed by atoms with Crippen molar-refractivity contribution in [3.8, 4) is 11.1 Å². The van der Waals surface area contributed by atoms with Crippen molar-refractivity contribution in [2.75, 3.05) is 41.3 Å². The summed E-state index contributed by atoms with van der Waals surface area (Å²) in [6.45, 7) is 5.24. The van der Waals surface area contributed by atoms with E-state index in [1.807, 2.05) is 6.92 Å². The Labute approximate surface area is 218 Å². The number of hydrogen-bond acceptors (Lipinski definition) is 10. The number of carbonyl (C=O) groups excluding carboxylic acids is 1. The summed E-state index contributed by atoms with van der Waals surface area (Å²) in [6, 6.07) is 3.93. The van der Waals surface area contributed by atoms with Crippen LogP contribution in [0.3, 0.4) is 0 Å². The van der Waals surface area contributed by atoms with Crippen molar-refractivity contribution in [2.24, 2.45) is 0 Å². The molecular formula is C26H29N7O3S. The first-order valence-electron chi connectivity index (χ1n) is 12.7. The normalized spacial score (nSPS) is 18.4. The average Bonchev–Trinajstić information content (AvgIpc) is 3.59. The van der Waals surface area contributed by atoms with Crippen LogP contribution in [0.15, 0.2) is 35.4 Å². The van der Waals surface area contributed by atoms with Gasteiger partial charge in [-0.15, -0.1) is 0 Å². The molecule has 2 N–H and O–H groups in total. The molecule has 10 nitrogen and oxygen atoms in total. The lowest BCUT2D eigenvalue weighted by Crippen LogP contribution is -2.38. The maximum absolute atomic E-state index is 12.9. The van der Waals surface area contributed by atoms with Crippen molar-refractivity contribution < 1.29 is 14.3 Å². The quantitative estimate of drug-likeness (QED) is 0.398. The second-order valence-corrected chi connectivity index (χ2v) is 10.6. The topological polar surface area (TPSA) is 121 Å². The standard InChI is InChI=1S/C26H29N7O3S/c1-16-22(19(7-8-27-16)29-25(35)20-14-36-15-28-20)18-12-21-23(30-24(18)32-9-3-2-4-10-32)31-26(37-21)33-11-5-6-17(34)13-33/h7-8,12,14-15,17,34H,2-6,9-11,13H2,1H3,(H,27,29,35). The third kappa shape index (κ3) is 4.76. The van der Waals surface area contributed by atoms with E-state index in [-0.39, 0.29) is 17.7 Å². The number of piperidine rings is 2. The molecule has 1 amide bonds. The van der Waals surface area contributed by atoms with Gasteiger partial charge >= 0.3 is 0 Å². The molecule has 0 aromatic carbocycles. The smallest absolute Gasteiger partial charge is 0.277 e. The lowest BCUT2D eigenvalue weighted by Gasteiger charge is -2.30. The molecule has 11 heteroatoms. The van der Waals surface area contributed by atoms with Crippen molar-refractivity contribution in [3.05, 3.63) is 42.4 Å². The third-order valence-electron chi connectivity index (χ3n) is 7.00. The summed E-state index contributed by atoms with van der Waals surface area (Å²) in [5, 5.41) is 14.1. The number of aryl methyl sites for hydroxylation is 1. The number of aliphatic hydroxyl groups excluding tert-OH is 1. The van der Waals surface area contributed by atoms with Crippen molar-refractivity contribution in [1.82, 2.24) is 19.9 Å². The monoisotopic (exact) mass is 519 g/mol. The molecule has 2 aliphatic heterocycles. The molecule has 0 saturated carbocycles. The number of aliphatic hydroxyl groups is 1. The lowest BCUT2D eigenvalue weighted by molar-refractivity contribution is 0.102. The minimum atomic E-state index is -0.349. The molecule has 4 aromatic rings. The van der Waals surface area contributed by atoms with Gasteiger partial charge in [0.15, 0.2) is 22.9 Å². The molecule has 1 unspecified atom stereocenters. The minimum absolute atomic E-state index is 0.209. The number of aromatic nitrogens is 4. The SMILES string of the molecule is Cc1nccc(NC(=O)c2cocn2)c1-c1cc2sc(N3CCCC(O)C3)nc2nc1N1CCCCC1. The molecule has 37 heavy (non-hydrogen) atoms. The lowest BCUT2D eigenvalue weighted by atomic mass is 10.0. The zero-order valence-electron chi connectivity index (χ0n) is 20.7. The second kappa shape index (κ2) is 10.1. The van der Waals surface area contributed by atoms with E-state index in [1.165, 1.54) is 19.1 Å². The van der Waals surface area contributed by atoms with Gasteiger partial charge in [0.05, 0.1) is 16.5 Å². The summed E-state index contributed by atoms with van der Waals surface area (Å²) >= 11 is 1.59. The van der Waals surface area contributed by atoms with Crippen molar-refractivity contribution in [1.29, 1.82) is 0 Å². The minimum Gasteiger partial charge on any atom is -0.451 e. The predicted molar refractivity (Wildman–Crippen MR) is 143 cm³/mol. The van der Waals surface area contributed by atoms with Crippen LogP contribution >= 0.6 is 11.3 Å². The van der Waals surface area contributed by atoms with Gasteiger partial charge in [0.2, 0.25) is 0 Å². The Kier molecular flexibility index (Phi) is 6.47. The molecule has 192 valence electrons. The number of pyridine rings is 2. The van der Waals surface area contributed by atoms with E-state index in [2.05, 4.69) is 31.2 Å². The number of hydrogen-bond donors (Lipinski definition) is 2. The molecule has 4 aromatic heterocycles. The van der Waals surface area contributed by atoms with Crippen molar-refractivity contribution >= 4 is 44.2 Å². The highest BCUT2D eigenvalue weighted by molar-refractivity contribution is 7.22. The number of fused-ring (bicyclic) bond motifs is 1. The number of anilines is 3. The summed E-state index contributed by atoms with van der Waals surface area (Å²) in [5.41, 5.74) is 4.10. The Morgan fingerprint density at radius 2 is 1.97 bits per heavy atom. The number of amides is 1. The van der Waals surface area contributed by atoms with Crippen LogP contribution in [0.2, 0.25) is 0 Å². The van der Waals surface area contributed by atoms with Crippen LogP contribution in [0.4, 0.5) is 16.6 Å². The van der Waals surface area contributed by atoms with Gasteiger partial charge in [0.25, 0.3) is 5.91 Å². The third-order valence-corrected chi connectivity index (χ3v) is 8.05. The zero-order chi connectivity index (χ0) is 25.4. The summed E-state index contributed by atoms with van der Waals surface area (Å²) < 4.78 is 5.95. The van der Waals surface area contributed by atoms with Gasteiger partial charge in [0, 0.05) is 49.2 Å². The van der Waals surface area contributed by atoms with Crippen LogP contribution in [-0.2, 0) is 0 Å². The molecule has 2 fully saturated rings. The Balaban J connectivity index is 1.46. The summed E-state index contributed by atoms with van der Waals surface area (Å²) in [6.07, 6.45) is 9.11. The Morgan fingerprint density at radius 1 is 1.14 bits per heavy atom. The van der Waals surface area contributed by atoms with Gasteiger partial charge < -0.3 is 24.6 Å². The van der Waals surface area contributed by atoms with Gasteiger partial charge in [-0.3, -0.25) is 9.78 Å². The van der Waals surface area contributed by atoms with Crippen LogP contribution < -0.4 is 15.1 Å². The Bertz CT molecular complexity index is 1420. The molecule has 0 spiro atoms. The van der Waals surface area contributed by atoms with E-state index in [9.17, 15) is 9.90 Å². The zero-order valence-corrected chi connectivity index (χ0v) is 21.5. The number of nitrogens with zero attached hydrogens (tertiary/aromatic N) is 6. The number of oxazole rings is 1. The van der Waals surface area contributed by atoms with E-state index >= 15 is 0 Å². The van der Waals surface area contributed by atoms with Gasteiger partial charge in [-0.25, -0.2) is 9.97 Å². The molecule has 2 saturated heterocycles. The van der Waals surface area contributed by atoms with Gasteiger partial charge in [0.1, 0.15) is 12.1 Å². The van der Waals surface area contributed by atoms with Crippen LogP contribution in [0.5, 0.6) is 0 Å². The van der Waals surface area contributed by atoms with Crippen LogP contribution in [-0.4, -0.2) is 63.2 Å². The van der Waals surface area contributed by atoms with Crippen LogP contribution in [0.1, 0.15) is 48.3 Å². The fourth-order valence-electron chi connectivity index (χ4n) is 5.16. The highest BCUT2D eigenvalue weighted by Gasteiger charge is 2.26. The van der Waals surface area contributed by atoms with Gasteiger partial charge in [-0.1, -0.05) is 11.3 Å². The molecule has 0 radical (unpaired) electrons. The van der Waals surface area contributed by atoms with Crippen LogP contribution in [0.25, 0.3) is 21.5 Å². The highest BCUT2D eigenvalue weighted by atomic mass is 32.1.